The van der Waals surface area contributed by atoms with Gasteiger partial charge in [0.25, 0.3) is 5.56 Å². The van der Waals surface area contributed by atoms with Gasteiger partial charge in [0, 0.05) is 36.1 Å². The van der Waals surface area contributed by atoms with Gasteiger partial charge in [-0.3, -0.25) is 9.59 Å². The van der Waals surface area contributed by atoms with Gasteiger partial charge in [0.15, 0.2) is 5.41 Å². The van der Waals surface area contributed by atoms with Crippen molar-refractivity contribution in [2.45, 2.75) is 32.7 Å². The molecule has 2 aliphatic heterocycles. The lowest BCUT2D eigenvalue weighted by atomic mass is 9.69. The Labute approximate surface area is 180 Å². The van der Waals surface area contributed by atoms with Crippen molar-refractivity contribution in [1.82, 2.24) is 4.57 Å². The Balaban J connectivity index is 2.17. The van der Waals surface area contributed by atoms with Gasteiger partial charge in [-0.1, -0.05) is 38.1 Å². The molecule has 158 valence electrons. The van der Waals surface area contributed by atoms with E-state index in [1.807, 2.05) is 26.0 Å². The molecule has 0 bridgehead atoms. The number of nitrogens with zero attached hydrogens (tertiary/aromatic N) is 3. The van der Waals surface area contributed by atoms with Crippen LogP contribution in [0.4, 0.5) is 5.69 Å². The van der Waals surface area contributed by atoms with E-state index in [9.17, 15) is 14.9 Å². The van der Waals surface area contributed by atoms with Gasteiger partial charge in [0.1, 0.15) is 17.4 Å². The second kappa shape index (κ2) is 7.17. The van der Waals surface area contributed by atoms with Crippen molar-refractivity contribution in [2.24, 2.45) is 11.7 Å². The number of carbonyl (C=O) groups is 1. The average molecular weight is 416 g/mol. The SMILES string of the molecule is C=CCn1c(C)cc2c(c1=O)C1(C(=O)N(CC(C)C)c3ccccc31)C(C#N)=C(N)O2. The summed E-state index contributed by atoms with van der Waals surface area (Å²) in [6, 6.07) is 11.0. The molecule has 0 saturated carbocycles. The van der Waals surface area contributed by atoms with E-state index in [-0.39, 0.29) is 41.1 Å². The Morgan fingerprint density at radius 1 is 1.32 bits per heavy atom. The molecule has 1 spiro atoms. The van der Waals surface area contributed by atoms with Gasteiger partial charge in [-0.2, -0.15) is 5.26 Å². The molecule has 3 heterocycles. The number of hydrogen-bond donors (Lipinski definition) is 1. The molecule has 1 atom stereocenters. The predicted octanol–water partition coefficient (Wildman–Crippen LogP) is 2.72. The van der Waals surface area contributed by atoms with E-state index in [0.717, 1.165) is 0 Å². The van der Waals surface area contributed by atoms with Crippen molar-refractivity contribution >= 4 is 11.6 Å². The highest BCUT2D eigenvalue weighted by Gasteiger charge is 2.60. The molecule has 1 amide bonds. The normalized spacial score (nSPS) is 19.3. The fourth-order valence-corrected chi connectivity index (χ4v) is 4.62. The Hall–Kier alpha value is -3.79. The minimum atomic E-state index is -1.65. The van der Waals surface area contributed by atoms with Gasteiger partial charge in [-0.05, 0) is 18.9 Å². The first kappa shape index (κ1) is 20.5. The van der Waals surface area contributed by atoms with E-state index in [1.54, 1.807) is 36.1 Å². The van der Waals surface area contributed by atoms with Crippen LogP contribution in [-0.2, 0) is 16.8 Å². The molecule has 7 heteroatoms. The number of anilines is 1. The zero-order chi connectivity index (χ0) is 22.5. The monoisotopic (exact) mass is 416 g/mol. The minimum Gasteiger partial charge on any atom is -0.440 e. The van der Waals surface area contributed by atoms with Gasteiger partial charge in [-0.15, -0.1) is 6.58 Å². The van der Waals surface area contributed by atoms with Crippen LogP contribution in [0.25, 0.3) is 0 Å². The number of nitrogens with two attached hydrogens (primary N) is 1. The molecule has 1 aromatic carbocycles. The first-order chi connectivity index (χ1) is 14.8. The van der Waals surface area contributed by atoms with Crippen LogP contribution in [0.5, 0.6) is 5.75 Å². The highest BCUT2D eigenvalue weighted by molar-refractivity contribution is 6.14. The number of pyridine rings is 1. The van der Waals surface area contributed by atoms with E-state index in [2.05, 4.69) is 12.6 Å². The second-order valence-corrected chi connectivity index (χ2v) is 8.26. The summed E-state index contributed by atoms with van der Waals surface area (Å²) in [6.45, 7) is 10.2. The molecule has 31 heavy (non-hydrogen) atoms. The largest absolute Gasteiger partial charge is 0.440 e. The highest BCUT2D eigenvalue weighted by atomic mass is 16.5. The third kappa shape index (κ3) is 2.65. The molecule has 7 nitrogen and oxygen atoms in total. The van der Waals surface area contributed by atoms with Crippen LogP contribution in [0.3, 0.4) is 0 Å². The smallest absolute Gasteiger partial charge is 0.259 e. The van der Waals surface area contributed by atoms with Crippen LogP contribution < -0.4 is 20.9 Å². The summed E-state index contributed by atoms with van der Waals surface area (Å²) in [7, 11) is 0. The Morgan fingerprint density at radius 2 is 2.03 bits per heavy atom. The number of aryl methyl sites for hydroxylation is 1. The summed E-state index contributed by atoms with van der Waals surface area (Å²) in [6.07, 6.45) is 1.61. The van der Waals surface area contributed by atoms with Crippen molar-refractivity contribution in [1.29, 1.82) is 5.26 Å². The van der Waals surface area contributed by atoms with Crippen LogP contribution >= 0.6 is 0 Å². The van der Waals surface area contributed by atoms with Crippen LogP contribution in [0.2, 0.25) is 0 Å². The van der Waals surface area contributed by atoms with E-state index in [0.29, 0.717) is 23.5 Å². The zero-order valence-corrected chi connectivity index (χ0v) is 17.8. The summed E-state index contributed by atoms with van der Waals surface area (Å²) in [4.78, 5) is 29.5. The molecule has 0 saturated heterocycles. The van der Waals surface area contributed by atoms with Crippen LogP contribution in [0, 0.1) is 24.2 Å². The maximum absolute atomic E-state index is 14.1. The minimum absolute atomic E-state index is 0.0604. The number of aromatic nitrogens is 1. The molecule has 0 aliphatic carbocycles. The summed E-state index contributed by atoms with van der Waals surface area (Å²) in [5, 5.41) is 10.1. The number of nitriles is 1. The van der Waals surface area contributed by atoms with Gasteiger partial charge >= 0.3 is 0 Å². The highest BCUT2D eigenvalue weighted by Crippen LogP contribution is 2.54. The Bertz CT molecular complexity index is 1250. The lowest BCUT2D eigenvalue weighted by molar-refractivity contribution is -0.121. The standard InChI is InChI=1S/C24H24N4O3/c1-5-10-27-15(4)11-19-20(22(27)29)24(17(12-25)21(26)31-19)16-8-6-7-9-18(16)28(23(24)30)13-14(2)3/h5-9,11,14H,1,10,13,26H2,2-4H3. The number of allylic oxidation sites excluding steroid dienone is 1. The maximum atomic E-state index is 14.1. The van der Waals surface area contributed by atoms with Crippen molar-refractivity contribution in [3.63, 3.8) is 0 Å². The van der Waals surface area contributed by atoms with E-state index in [1.165, 1.54) is 4.57 Å². The number of fused-ring (bicyclic) bond motifs is 4. The molecule has 1 unspecified atom stereocenters. The lowest BCUT2D eigenvalue weighted by Gasteiger charge is -2.34. The summed E-state index contributed by atoms with van der Waals surface area (Å²) in [5.41, 5.74) is 6.05. The van der Waals surface area contributed by atoms with E-state index < -0.39 is 11.0 Å². The molecular weight excluding hydrogens is 392 g/mol. The Kier molecular flexibility index (Phi) is 4.74. The van der Waals surface area contributed by atoms with Crippen molar-refractivity contribution in [2.75, 3.05) is 11.4 Å². The molecule has 2 aromatic rings. The maximum Gasteiger partial charge on any atom is 0.259 e. The number of rotatable bonds is 4. The first-order valence-electron chi connectivity index (χ1n) is 10.1. The molecule has 0 radical (unpaired) electrons. The first-order valence-corrected chi connectivity index (χ1v) is 10.1. The van der Waals surface area contributed by atoms with Crippen LogP contribution in [0.15, 0.2) is 59.2 Å². The third-order valence-electron chi connectivity index (χ3n) is 5.82. The number of ether oxygens (including phenoxy) is 1. The second-order valence-electron chi connectivity index (χ2n) is 8.26. The van der Waals surface area contributed by atoms with Crippen molar-refractivity contribution in [3.05, 3.63) is 81.6 Å². The number of para-hydroxylation sites is 1. The molecule has 1 aromatic heterocycles. The molecule has 0 fully saturated rings. The van der Waals surface area contributed by atoms with Gasteiger partial charge in [0.05, 0.1) is 5.56 Å². The summed E-state index contributed by atoms with van der Waals surface area (Å²) in [5.74, 6) is -0.148. The number of benzene rings is 1. The molecule has 2 aliphatic rings. The van der Waals surface area contributed by atoms with E-state index >= 15 is 0 Å². The zero-order valence-electron chi connectivity index (χ0n) is 17.8. The number of hydrogen-bond acceptors (Lipinski definition) is 5. The predicted molar refractivity (Wildman–Crippen MR) is 118 cm³/mol. The summed E-state index contributed by atoms with van der Waals surface area (Å²) >= 11 is 0. The number of amides is 1. The van der Waals surface area contributed by atoms with Gasteiger partial charge in [-0.25, -0.2) is 0 Å². The Morgan fingerprint density at radius 3 is 2.68 bits per heavy atom. The lowest BCUT2D eigenvalue weighted by Crippen LogP contribution is -2.50. The fourth-order valence-electron chi connectivity index (χ4n) is 4.62. The topological polar surface area (TPSA) is 101 Å². The van der Waals surface area contributed by atoms with Gasteiger partial charge < -0.3 is 19.9 Å². The van der Waals surface area contributed by atoms with Crippen LogP contribution in [-0.4, -0.2) is 17.0 Å². The van der Waals surface area contributed by atoms with Crippen molar-refractivity contribution in [3.8, 4) is 11.8 Å². The average Bonchev–Trinajstić information content (AvgIpc) is 2.94. The summed E-state index contributed by atoms with van der Waals surface area (Å²) < 4.78 is 7.24. The molecule has 2 N–H and O–H groups in total. The van der Waals surface area contributed by atoms with Gasteiger partial charge in [0.2, 0.25) is 11.8 Å². The quantitative estimate of drug-likeness (QED) is 0.773. The molecule has 4 rings (SSSR count). The van der Waals surface area contributed by atoms with Crippen molar-refractivity contribution < 1.29 is 9.53 Å². The third-order valence-corrected chi connectivity index (χ3v) is 5.82. The molecular formula is C24H24N4O3. The number of carbonyl (C=O) groups excluding carboxylic acids is 1. The fraction of sp³-hybridized carbons (Fsp3) is 0.292. The van der Waals surface area contributed by atoms with Crippen LogP contribution in [0.1, 0.15) is 30.7 Å². The van der Waals surface area contributed by atoms with E-state index in [4.69, 9.17) is 10.5 Å².